The van der Waals surface area contributed by atoms with E-state index in [1.807, 2.05) is 12.1 Å². The van der Waals surface area contributed by atoms with Crippen LogP contribution >= 0.6 is 0 Å². The minimum absolute atomic E-state index is 0.227. The Morgan fingerprint density at radius 1 is 0.795 bits per heavy atom. The van der Waals surface area contributed by atoms with Crippen LogP contribution < -0.4 is 0 Å². The lowest BCUT2D eigenvalue weighted by Gasteiger charge is -2.29. The van der Waals surface area contributed by atoms with Gasteiger partial charge in [-0.15, -0.1) is 6.58 Å². The Balaban J connectivity index is 1.39. The van der Waals surface area contributed by atoms with E-state index in [1.165, 1.54) is 25.3 Å². The molecule has 3 aromatic rings. The maximum atomic E-state index is 15.0. The number of allylic oxidation sites excluding steroid dienone is 1. The number of rotatable bonds is 13. The Labute approximate surface area is 230 Å². The molecule has 208 valence electrons. The molecule has 1 aliphatic rings. The first-order chi connectivity index (χ1) is 19.0. The van der Waals surface area contributed by atoms with E-state index in [0.29, 0.717) is 41.9 Å². The molecule has 2 nitrogen and oxygen atoms in total. The maximum absolute atomic E-state index is 15.0. The molecule has 3 aromatic carbocycles. The van der Waals surface area contributed by atoms with E-state index < -0.39 is 23.7 Å². The number of aryl methyl sites for hydroxylation is 1. The Bertz CT molecular complexity index is 1210. The average molecular weight is 537 g/mol. The molecule has 0 spiro atoms. The van der Waals surface area contributed by atoms with Crippen LogP contribution in [0.15, 0.2) is 67.3 Å². The summed E-state index contributed by atoms with van der Waals surface area (Å²) in [6, 6.07) is 15.4. The molecule has 0 saturated carbocycles. The second-order valence-corrected chi connectivity index (χ2v) is 10.5. The third-order valence-corrected chi connectivity index (χ3v) is 7.49. The van der Waals surface area contributed by atoms with Gasteiger partial charge in [-0.1, -0.05) is 93.6 Å². The lowest BCUT2D eigenvalue weighted by molar-refractivity contribution is -0.207. The van der Waals surface area contributed by atoms with Gasteiger partial charge in [0.2, 0.25) is 0 Å². The molecule has 1 saturated heterocycles. The predicted octanol–water partition coefficient (Wildman–Crippen LogP) is 9.97. The van der Waals surface area contributed by atoms with Crippen LogP contribution in [-0.2, 0) is 15.9 Å². The van der Waals surface area contributed by atoms with Crippen molar-refractivity contribution < 1.29 is 22.6 Å². The minimum Gasteiger partial charge on any atom is -0.348 e. The first kappa shape index (κ1) is 29.1. The fourth-order valence-electron chi connectivity index (χ4n) is 5.08. The molecule has 0 bridgehead atoms. The first-order valence-electron chi connectivity index (χ1n) is 14.2. The van der Waals surface area contributed by atoms with Crippen molar-refractivity contribution in [3.05, 3.63) is 95.8 Å². The Morgan fingerprint density at radius 3 is 2.15 bits per heavy atom. The van der Waals surface area contributed by atoms with E-state index in [4.69, 9.17) is 9.47 Å². The van der Waals surface area contributed by atoms with Crippen LogP contribution in [0.3, 0.4) is 0 Å². The van der Waals surface area contributed by atoms with E-state index in [9.17, 15) is 8.78 Å². The number of unbranched alkanes of at least 4 members (excludes halogenated alkanes) is 5. The molecule has 0 unspecified atom stereocenters. The standard InChI is InChI=1S/C34H39F3O2/c1-3-5-7-8-9-10-12-27-17-19-29(33(37)32(27)36)26-15-13-25(14-16-26)28-18-20-30(31(35)21-28)34-38-22-24(23-39-34)11-6-4-2/h4,13-21,24,34H,2-3,5-12,22-23H2,1H3. The topological polar surface area (TPSA) is 18.5 Å². The first-order valence-corrected chi connectivity index (χ1v) is 14.2. The van der Waals surface area contributed by atoms with Gasteiger partial charge in [0.15, 0.2) is 17.9 Å². The van der Waals surface area contributed by atoms with Crippen LogP contribution in [0.1, 0.15) is 75.7 Å². The minimum atomic E-state index is -0.819. The molecule has 5 heteroatoms. The van der Waals surface area contributed by atoms with Crippen molar-refractivity contribution >= 4 is 0 Å². The quantitative estimate of drug-likeness (QED) is 0.160. The number of hydrogen-bond acceptors (Lipinski definition) is 2. The molecule has 4 rings (SSSR count). The Kier molecular flexibility index (Phi) is 10.8. The fourth-order valence-corrected chi connectivity index (χ4v) is 5.08. The van der Waals surface area contributed by atoms with Gasteiger partial charge >= 0.3 is 0 Å². The third-order valence-electron chi connectivity index (χ3n) is 7.49. The summed E-state index contributed by atoms with van der Waals surface area (Å²) in [7, 11) is 0. The SMILES string of the molecule is C=CCCC1COC(c2ccc(-c3ccc(-c4ccc(CCCCCCCC)c(F)c4F)cc3)cc2F)OC1. The highest BCUT2D eigenvalue weighted by molar-refractivity contribution is 5.71. The van der Waals surface area contributed by atoms with Crippen LogP contribution in [-0.4, -0.2) is 13.2 Å². The number of ether oxygens (including phenoxy) is 2. The van der Waals surface area contributed by atoms with E-state index in [0.717, 1.165) is 37.7 Å². The zero-order valence-electron chi connectivity index (χ0n) is 22.9. The molecule has 0 atom stereocenters. The number of hydrogen-bond donors (Lipinski definition) is 0. The normalized spacial score (nSPS) is 17.3. The van der Waals surface area contributed by atoms with Gasteiger partial charge in [0.1, 0.15) is 5.82 Å². The average Bonchev–Trinajstić information content (AvgIpc) is 2.96. The monoisotopic (exact) mass is 536 g/mol. The lowest BCUT2D eigenvalue weighted by Crippen LogP contribution is -2.27. The van der Waals surface area contributed by atoms with Crippen molar-refractivity contribution in [3.8, 4) is 22.3 Å². The third kappa shape index (κ3) is 7.61. The molecule has 1 fully saturated rings. The van der Waals surface area contributed by atoms with Gasteiger partial charge in [-0.3, -0.25) is 0 Å². The van der Waals surface area contributed by atoms with Crippen LogP contribution in [0.5, 0.6) is 0 Å². The molecule has 0 N–H and O–H groups in total. The van der Waals surface area contributed by atoms with Gasteiger partial charge in [0.25, 0.3) is 0 Å². The Hall–Kier alpha value is -2.89. The van der Waals surface area contributed by atoms with E-state index in [2.05, 4.69) is 13.5 Å². The molecule has 1 heterocycles. The molecular weight excluding hydrogens is 497 g/mol. The smallest absolute Gasteiger partial charge is 0.186 e. The predicted molar refractivity (Wildman–Crippen MR) is 152 cm³/mol. The van der Waals surface area contributed by atoms with Crippen molar-refractivity contribution in [2.24, 2.45) is 5.92 Å². The van der Waals surface area contributed by atoms with Crippen LogP contribution in [0.2, 0.25) is 0 Å². The van der Waals surface area contributed by atoms with Crippen molar-refractivity contribution in [2.75, 3.05) is 13.2 Å². The molecule has 39 heavy (non-hydrogen) atoms. The summed E-state index contributed by atoms with van der Waals surface area (Å²) in [4.78, 5) is 0. The fraction of sp³-hybridized carbons (Fsp3) is 0.412. The molecule has 0 radical (unpaired) electrons. The molecular formula is C34H39F3O2. The second-order valence-electron chi connectivity index (χ2n) is 10.5. The van der Waals surface area contributed by atoms with Crippen molar-refractivity contribution in [2.45, 2.75) is 71.0 Å². The summed E-state index contributed by atoms with van der Waals surface area (Å²) in [6.45, 7) is 6.96. The van der Waals surface area contributed by atoms with Crippen molar-refractivity contribution in [3.63, 3.8) is 0 Å². The van der Waals surface area contributed by atoms with E-state index in [-0.39, 0.29) is 11.5 Å². The highest BCUT2D eigenvalue weighted by Gasteiger charge is 2.25. The lowest BCUT2D eigenvalue weighted by atomic mass is 9.97. The second kappa shape index (κ2) is 14.5. The Morgan fingerprint density at radius 2 is 1.46 bits per heavy atom. The molecule has 0 aromatic heterocycles. The largest absolute Gasteiger partial charge is 0.348 e. The van der Waals surface area contributed by atoms with Crippen LogP contribution in [0, 0.1) is 23.4 Å². The van der Waals surface area contributed by atoms with Gasteiger partial charge in [0, 0.05) is 17.0 Å². The highest BCUT2D eigenvalue weighted by Crippen LogP contribution is 2.33. The van der Waals surface area contributed by atoms with Gasteiger partial charge in [-0.25, -0.2) is 13.2 Å². The zero-order chi connectivity index (χ0) is 27.6. The van der Waals surface area contributed by atoms with Crippen LogP contribution in [0.25, 0.3) is 22.3 Å². The summed E-state index contributed by atoms with van der Waals surface area (Å²) in [5, 5.41) is 0. The zero-order valence-corrected chi connectivity index (χ0v) is 22.9. The van der Waals surface area contributed by atoms with E-state index in [1.54, 1.807) is 42.5 Å². The summed E-state index contributed by atoms with van der Waals surface area (Å²) < 4.78 is 56.3. The number of halogens is 3. The molecule has 0 aliphatic carbocycles. The molecule has 1 aliphatic heterocycles. The molecule has 0 amide bonds. The van der Waals surface area contributed by atoms with Gasteiger partial charge in [0.05, 0.1) is 13.2 Å². The highest BCUT2D eigenvalue weighted by atomic mass is 19.2. The summed E-state index contributed by atoms with van der Waals surface area (Å²) in [6.07, 6.45) is 10.2. The number of benzene rings is 3. The van der Waals surface area contributed by atoms with Crippen molar-refractivity contribution in [1.82, 2.24) is 0 Å². The van der Waals surface area contributed by atoms with Gasteiger partial charge in [-0.2, -0.15) is 0 Å². The summed E-state index contributed by atoms with van der Waals surface area (Å²) in [5.41, 5.74) is 3.06. The maximum Gasteiger partial charge on any atom is 0.186 e. The van der Waals surface area contributed by atoms with Gasteiger partial charge < -0.3 is 9.47 Å². The summed E-state index contributed by atoms with van der Waals surface area (Å²) >= 11 is 0. The van der Waals surface area contributed by atoms with Crippen molar-refractivity contribution in [1.29, 1.82) is 0 Å². The van der Waals surface area contributed by atoms with Crippen LogP contribution in [0.4, 0.5) is 13.2 Å². The summed E-state index contributed by atoms with van der Waals surface area (Å²) in [5.74, 6) is -1.70. The van der Waals surface area contributed by atoms with E-state index >= 15 is 4.39 Å². The van der Waals surface area contributed by atoms with Gasteiger partial charge in [-0.05, 0) is 54.0 Å².